The van der Waals surface area contributed by atoms with Gasteiger partial charge in [-0.05, 0) is 30.3 Å². The molecule has 0 spiro atoms. The van der Waals surface area contributed by atoms with E-state index in [9.17, 15) is 17.2 Å². The molecule has 0 bridgehead atoms. The summed E-state index contributed by atoms with van der Waals surface area (Å²) in [6.07, 6.45) is 0. The van der Waals surface area contributed by atoms with Gasteiger partial charge >= 0.3 is 0 Å². The normalized spacial score (nSPS) is 11.2. The van der Waals surface area contributed by atoms with Gasteiger partial charge in [-0.1, -0.05) is 6.07 Å². The molecule has 0 heterocycles. The van der Waals surface area contributed by atoms with Gasteiger partial charge in [0.25, 0.3) is 10.0 Å². The second kappa shape index (κ2) is 5.46. The minimum Gasteiger partial charge on any atom is -0.494 e. The van der Waals surface area contributed by atoms with E-state index in [-0.39, 0.29) is 16.3 Å². The summed E-state index contributed by atoms with van der Waals surface area (Å²) in [6, 6.07) is 7.92. The van der Waals surface area contributed by atoms with Crippen LogP contribution in [0, 0.1) is 11.6 Å². The Labute approximate surface area is 115 Å². The first-order chi connectivity index (χ1) is 9.42. The van der Waals surface area contributed by atoms with Gasteiger partial charge in [-0.15, -0.1) is 0 Å². The summed E-state index contributed by atoms with van der Waals surface area (Å²) in [5, 5.41) is 0. The van der Waals surface area contributed by atoms with Crippen molar-refractivity contribution in [2.24, 2.45) is 0 Å². The summed E-state index contributed by atoms with van der Waals surface area (Å²) >= 11 is 0. The fraction of sp³-hybridized carbons (Fsp3) is 0.0769. The summed E-state index contributed by atoms with van der Waals surface area (Å²) in [5.41, 5.74) is 0.0677. The molecule has 2 aromatic carbocycles. The van der Waals surface area contributed by atoms with Gasteiger partial charge in [0.2, 0.25) is 0 Å². The van der Waals surface area contributed by atoms with Gasteiger partial charge in [0, 0.05) is 6.07 Å². The number of rotatable bonds is 4. The first kappa shape index (κ1) is 14.3. The summed E-state index contributed by atoms with van der Waals surface area (Å²) in [5.74, 6) is -1.19. The molecule has 1 N–H and O–H groups in total. The Morgan fingerprint density at radius 1 is 1.05 bits per heavy atom. The Balaban J connectivity index is 2.38. The van der Waals surface area contributed by atoms with Gasteiger partial charge in [0.15, 0.2) is 0 Å². The lowest BCUT2D eigenvalue weighted by Crippen LogP contribution is -2.13. The van der Waals surface area contributed by atoms with Crippen LogP contribution in [0.2, 0.25) is 0 Å². The number of halogens is 2. The molecule has 0 saturated carbocycles. The van der Waals surface area contributed by atoms with E-state index in [1.807, 2.05) is 0 Å². The van der Waals surface area contributed by atoms with Crippen molar-refractivity contribution in [3.8, 4) is 5.75 Å². The van der Waals surface area contributed by atoms with E-state index in [4.69, 9.17) is 4.74 Å². The Morgan fingerprint density at radius 2 is 1.75 bits per heavy atom. The van der Waals surface area contributed by atoms with Crippen molar-refractivity contribution in [1.82, 2.24) is 0 Å². The lowest BCUT2D eigenvalue weighted by atomic mass is 10.3. The number of benzene rings is 2. The maximum Gasteiger partial charge on any atom is 0.262 e. The van der Waals surface area contributed by atoms with E-state index in [1.54, 1.807) is 0 Å². The zero-order valence-electron chi connectivity index (χ0n) is 10.4. The average molecular weight is 299 g/mol. The molecular weight excluding hydrogens is 288 g/mol. The highest BCUT2D eigenvalue weighted by molar-refractivity contribution is 7.92. The van der Waals surface area contributed by atoms with E-state index in [0.29, 0.717) is 0 Å². The number of hydrogen-bond donors (Lipinski definition) is 1. The molecule has 0 aliphatic carbocycles. The predicted octanol–water partition coefficient (Wildman–Crippen LogP) is 2.77. The summed E-state index contributed by atoms with van der Waals surface area (Å²) in [6.45, 7) is 0. The molecular formula is C13H11F2NO3S. The second-order valence-corrected chi connectivity index (χ2v) is 5.59. The van der Waals surface area contributed by atoms with Crippen LogP contribution in [0.5, 0.6) is 5.75 Å². The number of sulfonamides is 1. The molecule has 2 rings (SSSR count). The van der Waals surface area contributed by atoms with Crippen LogP contribution in [0.15, 0.2) is 47.4 Å². The molecule has 0 aliphatic heterocycles. The molecule has 0 radical (unpaired) electrons. The monoisotopic (exact) mass is 299 g/mol. The van der Waals surface area contributed by atoms with E-state index in [2.05, 4.69) is 4.72 Å². The third kappa shape index (κ3) is 3.05. The van der Waals surface area contributed by atoms with Crippen molar-refractivity contribution in [3.05, 3.63) is 54.1 Å². The number of hydrogen-bond acceptors (Lipinski definition) is 3. The summed E-state index contributed by atoms with van der Waals surface area (Å²) in [7, 11) is -2.69. The lowest BCUT2D eigenvalue weighted by Gasteiger charge is -2.11. The topological polar surface area (TPSA) is 55.4 Å². The predicted molar refractivity (Wildman–Crippen MR) is 70.2 cm³/mol. The minimum atomic E-state index is -3.97. The Bertz CT molecular complexity index is 732. The lowest BCUT2D eigenvalue weighted by molar-refractivity contribution is 0.413. The number of methoxy groups -OCH3 is 1. The first-order valence-electron chi connectivity index (χ1n) is 5.54. The molecule has 0 saturated heterocycles. The summed E-state index contributed by atoms with van der Waals surface area (Å²) in [4.78, 5) is -0.233. The molecule has 0 atom stereocenters. The van der Waals surface area contributed by atoms with Gasteiger partial charge in [-0.25, -0.2) is 17.2 Å². The SMILES string of the molecule is COc1cc(F)ccc1NS(=O)(=O)c1cccc(F)c1. The van der Waals surface area contributed by atoms with Crippen LogP contribution in [-0.4, -0.2) is 15.5 Å². The highest BCUT2D eigenvalue weighted by Crippen LogP contribution is 2.27. The van der Waals surface area contributed by atoms with Crippen molar-refractivity contribution in [2.45, 2.75) is 4.90 Å². The van der Waals surface area contributed by atoms with Gasteiger partial charge in [-0.3, -0.25) is 4.72 Å². The standard InChI is InChI=1S/C13H11F2NO3S/c1-19-13-8-10(15)5-6-12(13)16-20(17,18)11-4-2-3-9(14)7-11/h2-8,16H,1H3. The second-order valence-electron chi connectivity index (χ2n) is 3.91. The summed E-state index contributed by atoms with van der Waals surface area (Å²) < 4.78 is 57.4. The molecule has 20 heavy (non-hydrogen) atoms. The third-order valence-electron chi connectivity index (χ3n) is 2.51. The Morgan fingerprint density at radius 3 is 2.40 bits per heavy atom. The van der Waals surface area contributed by atoms with E-state index in [0.717, 1.165) is 24.3 Å². The quantitative estimate of drug-likeness (QED) is 0.944. The van der Waals surface area contributed by atoms with E-state index < -0.39 is 21.7 Å². The van der Waals surface area contributed by atoms with Crippen molar-refractivity contribution in [3.63, 3.8) is 0 Å². The maximum absolute atomic E-state index is 13.1. The van der Waals surface area contributed by atoms with Gasteiger partial charge < -0.3 is 4.74 Å². The smallest absolute Gasteiger partial charge is 0.262 e. The molecule has 0 fully saturated rings. The van der Waals surface area contributed by atoms with Crippen LogP contribution in [0.3, 0.4) is 0 Å². The van der Waals surface area contributed by atoms with Crippen LogP contribution >= 0.6 is 0 Å². The van der Waals surface area contributed by atoms with Crippen LogP contribution < -0.4 is 9.46 Å². The molecule has 0 aromatic heterocycles. The maximum atomic E-state index is 13.1. The molecule has 7 heteroatoms. The molecule has 106 valence electrons. The van der Waals surface area contributed by atoms with Crippen molar-refractivity contribution in [1.29, 1.82) is 0 Å². The molecule has 0 aliphatic rings. The van der Waals surface area contributed by atoms with E-state index >= 15 is 0 Å². The largest absolute Gasteiger partial charge is 0.494 e. The van der Waals surface area contributed by atoms with Crippen molar-refractivity contribution < 1.29 is 21.9 Å². The average Bonchev–Trinajstić information content (AvgIpc) is 2.40. The van der Waals surface area contributed by atoms with Crippen LogP contribution in [0.4, 0.5) is 14.5 Å². The highest BCUT2D eigenvalue weighted by Gasteiger charge is 2.17. The van der Waals surface area contributed by atoms with Crippen LogP contribution in [0.25, 0.3) is 0 Å². The molecule has 2 aromatic rings. The highest BCUT2D eigenvalue weighted by atomic mass is 32.2. The molecule has 0 unspecified atom stereocenters. The first-order valence-corrected chi connectivity index (χ1v) is 7.02. The fourth-order valence-corrected chi connectivity index (χ4v) is 2.69. The zero-order chi connectivity index (χ0) is 14.8. The fourth-order valence-electron chi connectivity index (χ4n) is 1.59. The third-order valence-corrected chi connectivity index (χ3v) is 3.88. The number of anilines is 1. The zero-order valence-corrected chi connectivity index (χ0v) is 11.2. The van der Waals surface area contributed by atoms with Crippen molar-refractivity contribution >= 4 is 15.7 Å². The van der Waals surface area contributed by atoms with Crippen LogP contribution in [0.1, 0.15) is 0 Å². The Kier molecular flexibility index (Phi) is 3.89. The van der Waals surface area contributed by atoms with Crippen LogP contribution in [-0.2, 0) is 10.0 Å². The van der Waals surface area contributed by atoms with E-state index in [1.165, 1.54) is 25.3 Å². The number of ether oxygens (including phenoxy) is 1. The van der Waals surface area contributed by atoms with Gasteiger partial charge in [0.1, 0.15) is 17.4 Å². The molecule has 4 nitrogen and oxygen atoms in total. The van der Waals surface area contributed by atoms with Crippen molar-refractivity contribution in [2.75, 3.05) is 11.8 Å². The molecule has 0 amide bonds. The van der Waals surface area contributed by atoms with Gasteiger partial charge in [-0.2, -0.15) is 0 Å². The van der Waals surface area contributed by atoms with Gasteiger partial charge in [0.05, 0.1) is 17.7 Å². The minimum absolute atomic E-state index is 0.0324. The number of nitrogens with one attached hydrogen (secondary N) is 1. The Hall–Kier alpha value is -2.15.